The van der Waals surface area contributed by atoms with E-state index < -0.39 is 33.1 Å². The Kier molecular flexibility index (Phi) is 4.47. The molecule has 4 nitrogen and oxygen atoms in total. The van der Waals surface area contributed by atoms with Crippen LogP contribution in [0, 0.1) is 5.82 Å². The van der Waals surface area contributed by atoms with E-state index in [0.717, 1.165) is 12.1 Å². The zero-order chi connectivity index (χ0) is 14.0. The number of aliphatic hydroxyl groups excluding tert-OH is 1. The van der Waals surface area contributed by atoms with Crippen LogP contribution in [0.3, 0.4) is 0 Å². The Labute approximate surface area is 106 Å². The summed E-state index contributed by atoms with van der Waals surface area (Å²) in [5.74, 6) is -0.980. The average molecular weight is 276 g/mol. The number of methoxy groups -OCH3 is 1. The van der Waals surface area contributed by atoms with Crippen LogP contribution in [0.1, 0.15) is 13.8 Å². The average Bonchev–Trinajstić information content (AvgIpc) is 2.29. The summed E-state index contributed by atoms with van der Waals surface area (Å²) in [5.41, 5.74) is -0.965. The third-order valence-corrected chi connectivity index (χ3v) is 4.62. The maximum absolute atomic E-state index is 12.7. The molecule has 1 N–H and O–H groups in total. The summed E-state index contributed by atoms with van der Waals surface area (Å²) < 4.78 is 41.7. The smallest absolute Gasteiger partial charge is 0.181 e. The minimum Gasteiger partial charge on any atom is -0.389 e. The SMILES string of the molecule is COC(C)(C)C(O)CS(=O)(=O)c1ccc(F)cc1. The first-order chi connectivity index (χ1) is 8.19. The summed E-state index contributed by atoms with van der Waals surface area (Å²) >= 11 is 0. The Balaban J connectivity index is 2.92. The highest BCUT2D eigenvalue weighted by Gasteiger charge is 2.32. The molecule has 0 saturated carbocycles. The molecule has 0 aliphatic heterocycles. The first-order valence-electron chi connectivity index (χ1n) is 5.40. The summed E-state index contributed by atoms with van der Waals surface area (Å²) in [6, 6.07) is 4.50. The van der Waals surface area contributed by atoms with E-state index in [1.807, 2.05) is 0 Å². The van der Waals surface area contributed by atoms with Crippen molar-refractivity contribution in [2.75, 3.05) is 12.9 Å². The molecule has 0 saturated heterocycles. The van der Waals surface area contributed by atoms with Gasteiger partial charge in [-0.1, -0.05) is 0 Å². The molecule has 1 rings (SSSR count). The Morgan fingerprint density at radius 1 is 1.33 bits per heavy atom. The highest BCUT2D eigenvalue weighted by atomic mass is 32.2. The normalized spacial score (nSPS) is 14.5. The monoisotopic (exact) mass is 276 g/mol. The van der Waals surface area contributed by atoms with E-state index in [-0.39, 0.29) is 4.90 Å². The van der Waals surface area contributed by atoms with E-state index in [2.05, 4.69) is 0 Å². The number of halogens is 1. The van der Waals surface area contributed by atoms with Crippen molar-refractivity contribution in [3.05, 3.63) is 30.1 Å². The minimum absolute atomic E-state index is 0.0187. The topological polar surface area (TPSA) is 63.6 Å². The van der Waals surface area contributed by atoms with Gasteiger partial charge in [-0.05, 0) is 38.1 Å². The van der Waals surface area contributed by atoms with Crippen LogP contribution < -0.4 is 0 Å². The Morgan fingerprint density at radius 2 is 1.83 bits per heavy atom. The van der Waals surface area contributed by atoms with Gasteiger partial charge in [0.05, 0.1) is 22.4 Å². The van der Waals surface area contributed by atoms with Crippen molar-refractivity contribution in [1.29, 1.82) is 0 Å². The number of hydrogen-bond acceptors (Lipinski definition) is 4. The fourth-order valence-corrected chi connectivity index (χ4v) is 2.84. The quantitative estimate of drug-likeness (QED) is 0.825. The van der Waals surface area contributed by atoms with E-state index in [0.29, 0.717) is 0 Å². The minimum atomic E-state index is -3.67. The lowest BCUT2D eigenvalue weighted by Crippen LogP contribution is -2.42. The van der Waals surface area contributed by atoms with Gasteiger partial charge in [-0.25, -0.2) is 12.8 Å². The molecule has 0 spiro atoms. The predicted octanol–water partition coefficient (Wildman–Crippen LogP) is 1.39. The molecule has 0 aromatic heterocycles. The summed E-state index contributed by atoms with van der Waals surface area (Å²) in [6.07, 6.45) is -1.17. The number of ether oxygens (including phenoxy) is 1. The zero-order valence-electron chi connectivity index (χ0n) is 10.6. The fraction of sp³-hybridized carbons (Fsp3) is 0.500. The maximum Gasteiger partial charge on any atom is 0.181 e. The van der Waals surface area contributed by atoms with Crippen LogP contribution in [0.5, 0.6) is 0 Å². The van der Waals surface area contributed by atoms with Crippen LogP contribution >= 0.6 is 0 Å². The molecule has 102 valence electrons. The molecule has 1 aromatic rings. The Hall–Kier alpha value is -0.980. The maximum atomic E-state index is 12.7. The van der Waals surface area contributed by atoms with Gasteiger partial charge in [-0.2, -0.15) is 0 Å². The number of benzene rings is 1. The van der Waals surface area contributed by atoms with Crippen LogP contribution in [0.15, 0.2) is 29.2 Å². The molecule has 0 aliphatic carbocycles. The van der Waals surface area contributed by atoms with Crippen molar-refractivity contribution in [3.63, 3.8) is 0 Å². The van der Waals surface area contributed by atoms with Crippen molar-refractivity contribution < 1.29 is 22.7 Å². The second-order valence-corrected chi connectivity index (χ2v) is 6.59. The first kappa shape index (κ1) is 15.1. The summed E-state index contributed by atoms with van der Waals surface area (Å²) in [7, 11) is -2.27. The molecule has 1 unspecified atom stereocenters. The molecule has 0 bridgehead atoms. The Morgan fingerprint density at radius 3 is 2.28 bits per heavy atom. The van der Waals surface area contributed by atoms with E-state index in [4.69, 9.17) is 4.74 Å². The van der Waals surface area contributed by atoms with E-state index in [1.54, 1.807) is 13.8 Å². The van der Waals surface area contributed by atoms with E-state index >= 15 is 0 Å². The second-order valence-electron chi connectivity index (χ2n) is 4.56. The molecule has 1 atom stereocenters. The molecule has 0 radical (unpaired) electrons. The van der Waals surface area contributed by atoms with Gasteiger partial charge in [0.25, 0.3) is 0 Å². The predicted molar refractivity (Wildman–Crippen MR) is 65.5 cm³/mol. The van der Waals surface area contributed by atoms with Crippen LogP contribution in [0.4, 0.5) is 4.39 Å². The van der Waals surface area contributed by atoms with Crippen LogP contribution in [0.25, 0.3) is 0 Å². The van der Waals surface area contributed by atoms with Gasteiger partial charge in [-0.15, -0.1) is 0 Å². The molecule has 0 amide bonds. The van der Waals surface area contributed by atoms with Crippen molar-refractivity contribution in [1.82, 2.24) is 0 Å². The molecule has 0 fully saturated rings. The zero-order valence-corrected chi connectivity index (χ0v) is 11.4. The molecule has 0 heterocycles. The summed E-state index contributed by atoms with van der Waals surface area (Å²) in [5, 5.41) is 9.85. The van der Waals surface area contributed by atoms with Gasteiger partial charge < -0.3 is 9.84 Å². The number of sulfone groups is 1. The molecule has 0 aliphatic rings. The van der Waals surface area contributed by atoms with Crippen LogP contribution in [0.2, 0.25) is 0 Å². The van der Waals surface area contributed by atoms with Gasteiger partial charge in [0.1, 0.15) is 5.82 Å². The van der Waals surface area contributed by atoms with E-state index in [1.165, 1.54) is 19.2 Å². The van der Waals surface area contributed by atoms with Crippen LogP contribution in [-0.4, -0.2) is 38.1 Å². The number of aliphatic hydroxyl groups is 1. The van der Waals surface area contributed by atoms with Gasteiger partial charge in [0, 0.05) is 7.11 Å². The third-order valence-electron chi connectivity index (χ3n) is 2.88. The summed E-state index contributed by atoms with van der Waals surface area (Å²) in [4.78, 5) is -0.0187. The highest BCUT2D eigenvalue weighted by molar-refractivity contribution is 7.91. The first-order valence-corrected chi connectivity index (χ1v) is 7.06. The molecular weight excluding hydrogens is 259 g/mol. The van der Waals surface area contributed by atoms with Crippen molar-refractivity contribution in [2.45, 2.75) is 30.4 Å². The van der Waals surface area contributed by atoms with Gasteiger partial charge in [-0.3, -0.25) is 0 Å². The number of hydrogen-bond donors (Lipinski definition) is 1. The van der Waals surface area contributed by atoms with Gasteiger partial charge in [0.2, 0.25) is 0 Å². The standard InChI is InChI=1S/C12H17FO4S/c1-12(2,17-3)11(14)8-18(15,16)10-6-4-9(13)5-7-10/h4-7,11,14H,8H2,1-3H3. The van der Waals surface area contributed by atoms with Gasteiger partial charge in [0.15, 0.2) is 9.84 Å². The third kappa shape index (κ3) is 3.51. The van der Waals surface area contributed by atoms with Crippen molar-refractivity contribution in [2.24, 2.45) is 0 Å². The highest BCUT2D eigenvalue weighted by Crippen LogP contribution is 2.19. The van der Waals surface area contributed by atoms with Crippen molar-refractivity contribution in [3.8, 4) is 0 Å². The Bertz CT molecular complexity index is 493. The van der Waals surface area contributed by atoms with E-state index in [9.17, 15) is 17.9 Å². The lowest BCUT2D eigenvalue weighted by atomic mass is 10.0. The second kappa shape index (κ2) is 5.34. The van der Waals surface area contributed by atoms with Gasteiger partial charge >= 0.3 is 0 Å². The van der Waals surface area contributed by atoms with Crippen LogP contribution in [-0.2, 0) is 14.6 Å². The lowest BCUT2D eigenvalue weighted by molar-refractivity contribution is -0.0672. The molecule has 6 heteroatoms. The summed E-state index contributed by atoms with van der Waals surface area (Å²) in [6.45, 7) is 3.19. The van der Waals surface area contributed by atoms with Crippen molar-refractivity contribution >= 4 is 9.84 Å². The fourth-order valence-electron chi connectivity index (χ4n) is 1.28. The molecule has 1 aromatic carbocycles. The largest absolute Gasteiger partial charge is 0.389 e. The lowest BCUT2D eigenvalue weighted by Gasteiger charge is -2.28. The number of rotatable bonds is 5. The molecular formula is C12H17FO4S. The molecule has 18 heavy (non-hydrogen) atoms.